The lowest BCUT2D eigenvalue weighted by atomic mass is 10.0. The van der Waals surface area contributed by atoms with Gasteiger partial charge in [-0.3, -0.25) is 0 Å². The Hall–Kier alpha value is -0.410. The van der Waals surface area contributed by atoms with Crippen molar-refractivity contribution < 1.29 is 4.79 Å². The van der Waals surface area contributed by atoms with Crippen molar-refractivity contribution in [2.45, 2.75) is 20.8 Å². The van der Waals surface area contributed by atoms with Crippen LogP contribution < -0.4 is 5.32 Å². The summed E-state index contributed by atoms with van der Waals surface area (Å²) in [5.41, 5.74) is -0.139. The van der Waals surface area contributed by atoms with Crippen LogP contribution in [0.4, 0.5) is 0 Å². The summed E-state index contributed by atoms with van der Waals surface area (Å²) in [5.74, 6) is 0. The second-order valence-corrected chi connectivity index (χ2v) is 4.54. The molecular formula is C10H22N2O. The molecule has 0 aromatic carbocycles. The molecule has 1 aliphatic rings. The van der Waals surface area contributed by atoms with Crippen molar-refractivity contribution in [3.05, 3.63) is 0 Å². The van der Waals surface area contributed by atoms with E-state index in [1.807, 2.05) is 20.8 Å². The van der Waals surface area contributed by atoms with Crippen LogP contribution >= 0.6 is 0 Å². The fraction of sp³-hybridized carbons (Fsp3) is 0.900. The molecule has 0 aliphatic carbocycles. The Labute approximate surface area is 81.5 Å². The third-order valence-electron chi connectivity index (χ3n) is 1.69. The molecule has 0 saturated carbocycles. The van der Waals surface area contributed by atoms with Crippen molar-refractivity contribution in [3.8, 4) is 0 Å². The van der Waals surface area contributed by atoms with Gasteiger partial charge in [0.25, 0.3) is 0 Å². The van der Waals surface area contributed by atoms with Crippen molar-refractivity contribution in [2.24, 2.45) is 5.41 Å². The fourth-order valence-electron chi connectivity index (χ4n) is 0.777. The minimum atomic E-state index is -0.139. The first kappa shape index (κ1) is 12.6. The largest absolute Gasteiger partial charge is 0.314 e. The van der Waals surface area contributed by atoms with Gasteiger partial charge in [0.05, 0.1) is 0 Å². The highest BCUT2D eigenvalue weighted by Gasteiger charge is 2.04. The van der Waals surface area contributed by atoms with Crippen LogP contribution in [-0.4, -0.2) is 44.4 Å². The van der Waals surface area contributed by atoms with E-state index in [1.165, 1.54) is 13.1 Å². The Morgan fingerprint density at radius 1 is 1.23 bits per heavy atom. The fourth-order valence-corrected chi connectivity index (χ4v) is 0.777. The first-order chi connectivity index (χ1) is 5.95. The lowest BCUT2D eigenvalue weighted by molar-refractivity contribution is -0.113. The molecule has 0 aromatic rings. The van der Waals surface area contributed by atoms with Gasteiger partial charge in [0.2, 0.25) is 0 Å². The molecule has 0 spiro atoms. The van der Waals surface area contributed by atoms with E-state index in [9.17, 15) is 4.79 Å². The molecule has 3 nitrogen and oxygen atoms in total. The highest BCUT2D eigenvalue weighted by Crippen LogP contribution is 2.05. The van der Waals surface area contributed by atoms with Crippen molar-refractivity contribution in [1.82, 2.24) is 10.2 Å². The quantitative estimate of drug-likeness (QED) is 0.567. The molecule has 1 heterocycles. The number of piperazine rings is 1. The Morgan fingerprint density at radius 3 is 1.77 bits per heavy atom. The Kier molecular flexibility index (Phi) is 5.91. The van der Waals surface area contributed by atoms with Gasteiger partial charge in [0, 0.05) is 31.6 Å². The van der Waals surface area contributed by atoms with Gasteiger partial charge >= 0.3 is 0 Å². The molecule has 1 N–H and O–H groups in total. The highest BCUT2D eigenvalue weighted by atomic mass is 16.1. The molecular weight excluding hydrogens is 164 g/mol. The molecule has 0 amide bonds. The van der Waals surface area contributed by atoms with E-state index in [-0.39, 0.29) is 5.41 Å². The predicted molar refractivity (Wildman–Crippen MR) is 55.9 cm³/mol. The monoisotopic (exact) mass is 186 g/mol. The van der Waals surface area contributed by atoms with Gasteiger partial charge in [0.1, 0.15) is 6.29 Å². The van der Waals surface area contributed by atoms with Gasteiger partial charge in [-0.05, 0) is 7.05 Å². The average molecular weight is 186 g/mol. The third kappa shape index (κ3) is 9.50. The molecule has 1 rings (SSSR count). The van der Waals surface area contributed by atoms with Gasteiger partial charge < -0.3 is 15.0 Å². The van der Waals surface area contributed by atoms with E-state index in [4.69, 9.17) is 0 Å². The second-order valence-electron chi connectivity index (χ2n) is 4.54. The standard InChI is InChI=1S/C5H12N2.C5H10O/c1-7-4-2-6-3-5-7;1-5(2,3)4-6/h6H,2-5H2,1H3;4H,1-3H3. The number of hydrogen-bond donors (Lipinski definition) is 1. The summed E-state index contributed by atoms with van der Waals surface area (Å²) in [5, 5.41) is 3.27. The maximum absolute atomic E-state index is 9.83. The van der Waals surface area contributed by atoms with Gasteiger partial charge in [-0.25, -0.2) is 0 Å². The lowest BCUT2D eigenvalue weighted by Gasteiger charge is -2.21. The Bertz CT molecular complexity index is 134. The second kappa shape index (κ2) is 6.11. The van der Waals surface area contributed by atoms with Crippen LogP contribution in [0.2, 0.25) is 0 Å². The molecule has 0 bridgehead atoms. The van der Waals surface area contributed by atoms with Crippen molar-refractivity contribution >= 4 is 6.29 Å². The van der Waals surface area contributed by atoms with Gasteiger partial charge in [0.15, 0.2) is 0 Å². The average Bonchev–Trinajstić information content (AvgIpc) is 2.06. The van der Waals surface area contributed by atoms with Crippen LogP contribution in [0.1, 0.15) is 20.8 Å². The van der Waals surface area contributed by atoms with Crippen LogP contribution in [0.15, 0.2) is 0 Å². The number of aldehydes is 1. The van der Waals surface area contributed by atoms with Gasteiger partial charge in [-0.1, -0.05) is 20.8 Å². The summed E-state index contributed by atoms with van der Waals surface area (Å²) in [6.45, 7) is 10.4. The van der Waals surface area contributed by atoms with Crippen LogP contribution in [-0.2, 0) is 4.79 Å². The molecule has 0 atom stereocenters. The summed E-state index contributed by atoms with van der Waals surface area (Å²) >= 11 is 0. The van der Waals surface area contributed by atoms with E-state index in [0.29, 0.717) is 0 Å². The molecule has 1 aliphatic heterocycles. The maximum atomic E-state index is 9.83. The summed E-state index contributed by atoms with van der Waals surface area (Å²) in [6, 6.07) is 0. The summed E-state index contributed by atoms with van der Waals surface area (Å²) < 4.78 is 0. The van der Waals surface area contributed by atoms with Crippen LogP contribution in [0.3, 0.4) is 0 Å². The first-order valence-electron chi connectivity index (χ1n) is 4.81. The number of carbonyl (C=O) groups is 1. The molecule has 1 saturated heterocycles. The van der Waals surface area contributed by atoms with E-state index < -0.39 is 0 Å². The van der Waals surface area contributed by atoms with Crippen LogP contribution in [0.5, 0.6) is 0 Å². The number of hydrogen-bond acceptors (Lipinski definition) is 3. The normalized spacial score (nSPS) is 18.8. The Balaban J connectivity index is 0.000000226. The van der Waals surface area contributed by atoms with E-state index in [2.05, 4.69) is 17.3 Å². The van der Waals surface area contributed by atoms with Crippen molar-refractivity contribution in [2.75, 3.05) is 33.2 Å². The number of carbonyl (C=O) groups excluding carboxylic acids is 1. The minimum Gasteiger partial charge on any atom is -0.314 e. The van der Waals surface area contributed by atoms with E-state index in [1.54, 1.807) is 0 Å². The SMILES string of the molecule is CC(C)(C)C=O.CN1CCNCC1. The third-order valence-corrected chi connectivity index (χ3v) is 1.69. The number of rotatable bonds is 0. The number of likely N-dealkylation sites (N-methyl/N-ethyl adjacent to an activating group) is 1. The van der Waals surface area contributed by atoms with Crippen LogP contribution in [0, 0.1) is 5.41 Å². The van der Waals surface area contributed by atoms with E-state index >= 15 is 0 Å². The molecule has 0 unspecified atom stereocenters. The molecule has 0 aromatic heterocycles. The molecule has 3 heteroatoms. The summed E-state index contributed by atoms with van der Waals surface area (Å²) in [7, 11) is 2.15. The lowest BCUT2D eigenvalue weighted by Crippen LogP contribution is -2.40. The zero-order valence-electron chi connectivity index (χ0n) is 9.26. The van der Waals surface area contributed by atoms with Crippen molar-refractivity contribution in [3.63, 3.8) is 0 Å². The summed E-state index contributed by atoms with van der Waals surface area (Å²) in [4.78, 5) is 12.2. The zero-order valence-corrected chi connectivity index (χ0v) is 9.26. The number of nitrogens with one attached hydrogen (secondary N) is 1. The minimum absolute atomic E-state index is 0.139. The smallest absolute Gasteiger partial charge is 0.125 e. The molecule has 78 valence electrons. The number of nitrogens with zero attached hydrogens (tertiary/aromatic N) is 1. The maximum Gasteiger partial charge on any atom is 0.125 e. The molecule has 0 radical (unpaired) electrons. The summed E-state index contributed by atoms with van der Waals surface area (Å²) in [6.07, 6.45) is 0.938. The van der Waals surface area contributed by atoms with E-state index in [0.717, 1.165) is 19.4 Å². The highest BCUT2D eigenvalue weighted by molar-refractivity contribution is 5.56. The zero-order chi connectivity index (χ0) is 10.3. The Morgan fingerprint density at radius 2 is 1.62 bits per heavy atom. The van der Waals surface area contributed by atoms with Crippen molar-refractivity contribution in [1.29, 1.82) is 0 Å². The predicted octanol–water partition coefficient (Wildman–Crippen LogP) is 0.753. The van der Waals surface area contributed by atoms with Gasteiger partial charge in [-0.2, -0.15) is 0 Å². The topological polar surface area (TPSA) is 32.3 Å². The van der Waals surface area contributed by atoms with Gasteiger partial charge in [-0.15, -0.1) is 0 Å². The molecule has 1 fully saturated rings. The first-order valence-corrected chi connectivity index (χ1v) is 4.81. The molecule has 13 heavy (non-hydrogen) atoms. The van der Waals surface area contributed by atoms with Crippen LogP contribution in [0.25, 0.3) is 0 Å².